The van der Waals surface area contributed by atoms with Crippen LogP contribution in [0.1, 0.15) is 19.7 Å². The minimum absolute atomic E-state index is 0.102. The van der Waals surface area contributed by atoms with Crippen LogP contribution in [0.15, 0.2) is 9.64 Å². The highest BCUT2D eigenvalue weighted by atomic mass is 32.2. The summed E-state index contributed by atoms with van der Waals surface area (Å²) >= 11 is 0.981. The molecule has 84 valence electrons. The van der Waals surface area contributed by atoms with Crippen molar-refractivity contribution in [1.29, 1.82) is 0 Å². The first kappa shape index (κ1) is 12.0. The van der Waals surface area contributed by atoms with Crippen molar-refractivity contribution < 1.29 is 19.1 Å². The molecular weight excluding hydrogens is 220 g/mol. The maximum Gasteiger partial charge on any atom is 0.314 e. The number of rotatable bonds is 5. The van der Waals surface area contributed by atoms with Crippen molar-refractivity contribution in [3.05, 3.63) is 5.89 Å². The van der Waals surface area contributed by atoms with E-state index in [9.17, 15) is 4.79 Å². The Balaban J connectivity index is 2.68. The van der Waals surface area contributed by atoms with Crippen LogP contribution in [0.2, 0.25) is 0 Å². The van der Waals surface area contributed by atoms with Crippen molar-refractivity contribution in [2.24, 2.45) is 0 Å². The lowest BCUT2D eigenvalue weighted by atomic mass is 10.1. The second-order valence-electron chi connectivity index (χ2n) is 3.27. The van der Waals surface area contributed by atoms with E-state index in [0.29, 0.717) is 5.89 Å². The van der Waals surface area contributed by atoms with E-state index in [4.69, 9.17) is 14.3 Å². The Hall–Kier alpha value is -1.08. The molecule has 0 aliphatic carbocycles. The van der Waals surface area contributed by atoms with Gasteiger partial charge in [0.25, 0.3) is 5.22 Å². The number of methoxy groups -OCH3 is 1. The fraction of sp³-hybridized carbons (Fsp3) is 0.625. The van der Waals surface area contributed by atoms with Gasteiger partial charge in [-0.25, -0.2) is 0 Å². The van der Waals surface area contributed by atoms with Crippen molar-refractivity contribution in [3.63, 3.8) is 0 Å². The highest BCUT2D eigenvalue weighted by Crippen LogP contribution is 2.25. The molecule has 1 heterocycles. The van der Waals surface area contributed by atoms with Crippen molar-refractivity contribution in [2.75, 3.05) is 12.9 Å². The second kappa shape index (κ2) is 4.63. The summed E-state index contributed by atoms with van der Waals surface area (Å²) in [6.45, 7) is 3.57. The Morgan fingerprint density at radius 2 is 2.27 bits per heavy atom. The van der Waals surface area contributed by atoms with Gasteiger partial charge in [-0.05, 0) is 13.8 Å². The fourth-order valence-corrected chi connectivity index (χ4v) is 1.21. The largest absolute Gasteiger partial charge is 0.481 e. The first-order valence-electron chi connectivity index (χ1n) is 4.19. The summed E-state index contributed by atoms with van der Waals surface area (Å²) in [6.07, 6.45) is 0. The van der Waals surface area contributed by atoms with Gasteiger partial charge in [-0.15, -0.1) is 10.2 Å². The molecule has 0 aliphatic heterocycles. The molecule has 6 nitrogen and oxygen atoms in total. The highest BCUT2D eigenvalue weighted by Gasteiger charge is 2.26. The van der Waals surface area contributed by atoms with Gasteiger partial charge in [0.1, 0.15) is 11.4 Å². The van der Waals surface area contributed by atoms with E-state index in [2.05, 4.69) is 10.2 Å². The predicted molar refractivity (Wildman–Crippen MR) is 52.7 cm³/mol. The van der Waals surface area contributed by atoms with Crippen LogP contribution in [-0.4, -0.2) is 34.1 Å². The van der Waals surface area contributed by atoms with Gasteiger partial charge in [-0.3, -0.25) is 4.79 Å². The molecule has 7 heteroatoms. The van der Waals surface area contributed by atoms with Gasteiger partial charge >= 0.3 is 5.97 Å². The number of carboxylic acid groups (broad SMARTS) is 1. The third kappa shape index (κ3) is 3.21. The summed E-state index contributed by atoms with van der Waals surface area (Å²) in [5.41, 5.74) is -0.658. The van der Waals surface area contributed by atoms with Gasteiger partial charge in [0.2, 0.25) is 5.89 Å². The SMILES string of the molecule is COC(C)(C)c1nnc(SCC(=O)O)o1. The van der Waals surface area contributed by atoms with E-state index in [0.717, 1.165) is 11.8 Å². The molecule has 15 heavy (non-hydrogen) atoms. The lowest BCUT2D eigenvalue weighted by molar-refractivity contribution is -0.133. The molecule has 1 N–H and O–H groups in total. The third-order valence-corrected chi connectivity index (χ3v) is 2.55. The quantitative estimate of drug-likeness (QED) is 0.761. The van der Waals surface area contributed by atoms with Crippen molar-refractivity contribution in [2.45, 2.75) is 24.7 Å². The van der Waals surface area contributed by atoms with Crippen LogP contribution in [0.5, 0.6) is 0 Å². The average Bonchev–Trinajstić information content (AvgIpc) is 2.63. The third-order valence-electron chi connectivity index (χ3n) is 1.75. The molecule has 0 radical (unpaired) electrons. The number of nitrogens with zero attached hydrogens (tertiary/aromatic N) is 2. The standard InChI is InChI=1S/C8H12N2O4S/c1-8(2,13-3)6-9-10-7(14-6)15-4-5(11)12/h4H2,1-3H3,(H,11,12). The zero-order chi connectivity index (χ0) is 11.5. The Kier molecular flexibility index (Phi) is 3.70. The minimum atomic E-state index is -0.925. The number of carboxylic acids is 1. The van der Waals surface area contributed by atoms with Gasteiger partial charge in [-0.1, -0.05) is 11.8 Å². The number of thioether (sulfide) groups is 1. The van der Waals surface area contributed by atoms with Crippen LogP contribution in [-0.2, 0) is 15.1 Å². The molecule has 1 aromatic rings. The van der Waals surface area contributed by atoms with Crippen molar-refractivity contribution >= 4 is 17.7 Å². The maximum absolute atomic E-state index is 10.3. The Bertz CT molecular complexity index is 350. The summed E-state index contributed by atoms with van der Waals surface area (Å²) in [5, 5.41) is 16.2. The average molecular weight is 232 g/mol. The van der Waals surface area contributed by atoms with Crippen LogP contribution in [0.4, 0.5) is 0 Å². The zero-order valence-corrected chi connectivity index (χ0v) is 9.50. The molecule has 1 rings (SSSR count). The van der Waals surface area contributed by atoms with Crippen LogP contribution in [0.3, 0.4) is 0 Å². The molecule has 0 bridgehead atoms. The number of hydrogen-bond acceptors (Lipinski definition) is 6. The summed E-state index contributed by atoms with van der Waals surface area (Å²) in [6, 6.07) is 0. The monoisotopic (exact) mass is 232 g/mol. The van der Waals surface area contributed by atoms with Gasteiger partial charge in [-0.2, -0.15) is 0 Å². The molecule has 0 spiro atoms. The van der Waals surface area contributed by atoms with Crippen LogP contribution in [0.25, 0.3) is 0 Å². The molecule has 0 aliphatic rings. The number of ether oxygens (including phenoxy) is 1. The molecular formula is C8H12N2O4S. The number of carbonyl (C=O) groups is 1. The Morgan fingerprint density at radius 1 is 1.60 bits per heavy atom. The number of hydrogen-bond donors (Lipinski definition) is 1. The number of aromatic nitrogens is 2. The molecule has 0 amide bonds. The molecule has 0 saturated heterocycles. The molecule has 0 unspecified atom stereocenters. The van der Waals surface area contributed by atoms with Crippen molar-refractivity contribution in [3.8, 4) is 0 Å². The summed E-state index contributed by atoms with van der Waals surface area (Å²) in [5.74, 6) is -0.696. The molecule has 0 saturated carbocycles. The summed E-state index contributed by atoms with van der Waals surface area (Å²) in [4.78, 5) is 10.3. The molecule has 0 fully saturated rings. The fourth-order valence-electron chi connectivity index (χ4n) is 0.722. The van der Waals surface area contributed by atoms with E-state index < -0.39 is 11.6 Å². The van der Waals surface area contributed by atoms with E-state index in [-0.39, 0.29) is 11.0 Å². The maximum atomic E-state index is 10.3. The first-order valence-corrected chi connectivity index (χ1v) is 5.18. The van der Waals surface area contributed by atoms with Gasteiger partial charge in [0, 0.05) is 7.11 Å². The lowest BCUT2D eigenvalue weighted by Gasteiger charge is -2.16. The summed E-state index contributed by atoms with van der Waals surface area (Å²) < 4.78 is 10.4. The van der Waals surface area contributed by atoms with E-state index in [1.807, 2.05) is 0 Å². The molecule has 0 aromatic carbocycles. The van der Waals surface area contributed by atoms with Crippen LogP contribution in [0, 0.1) is 0 Å². The molecule has 0 atom stereocenters. The van der Waals surface area contributed by atoms with Crippen LogP contribution >= 0.6 is 11.8 Å². The predicted octanol–water partition coefficient (Wildman–Crippen LogP) is 1.13. The summed E-state index contributed by atoms with van der Waals surface area (Å²) in [7, 11) is 1.54. The smallest absolute Gasteiger partial charge is 0.314 e. The normalized spacial score (nSPS) is 11.7. The van der Waals surface area contributed by atoms with E-state index >= 15 is 0 Å². The minimum Gasteiger partial charge on any atom is -0.481 e. The van der Waals surface area contributed by atoms with Gasteiger partial charge < -0.3 is 14.3 Å². The Labute approximate surface area is 91.0 Å². The van der Waals surface area contributed by atoms with Crippen molar-refractivity contribution in [1.82, 2.24) is 10.2 Å². The topological polar surface area (TPSA) is 85.5 Å². The number of aliphatic carboxylic acids is 1. The molecule has 1 aromatic heterocycles. The second-order valence-corrected chi connectivity index (χ2v) is 4.20. The van der Waals surface area contributed by atoms with E-state index in [1.165, 1.54) is 7.11 Å². The zero-order valence-electron chi connectivity index (χ0n) is 8.68. The highest BCUT2D eigenvalue weighted by molar-refractivity contribution is 7.99. The van der Waals surface area contributed by atoms with Gasteiger partial charge in [0.05, 0.1) is 0 Å². The Morgan fingerprint density at radius 3 is 2.80 bits per heavy atom. The van der Waals surface area contributed by atoms with Crippen LogP contribution < -0.4 is 0 Å². The van der Waals surface area contributed by atoms with E-state index in [1.54, 1.807) is 13.8 Å². The van der Waals surface area contributed by atoms with Gasteiger partial charge in [0.15, 0.2) is 0 Å². The first-order chi connectivity index (χ1) is 6.95. The lowest BCUT2D eigenvalue weighted by Crippen LogP contribution is -2.19.